The van der Waals surface area contributed by atoms with E-state index < -0.39 is 27.2 Å². The summed E-state index contributed by atoms with van der Waals surface area (Å²) in [5.74, 6) is -2.63. The van der Waals surface area contributed by atoms with Crippen LogP contribution in [0.5, 0.6) is 0 Å². The molecule has 5 nitrogen and oxygen atoms in total. The zero-order valence-electron chi connectivity index (χ0n) is 10.2. The van der Waals surface area contributed by atoms with E-state index in [0.29, 0.717) is 19.3 Å². The Labute approximate surface area is 110 Å². The van der Waals surface area contributed by atoms with E-state index in [4.69, 9.17) is 10.2 Å². The van der Waals surface area contributed by atoms with E-state index in [1.807, 2.05) is 0 Å². The lowest BCUT2D eigenvalue weighted by molar-refractivity contribution is 0.0691. The summed E-state index contributed by atoms with van der Waals surface area (Å²) in [6, 6.07) is 2.73. The Bertz CT molecular complexity index is 553. The molecule has 1 rings (SSSR count). The first kappa shape index (κ1) is 15.6. The molecule has 7 heteroatoms. The number of carboxylic acids is 1. The molecule has 0 bridgehead atoms. The number of carbonyl (C=O) groups is 1. The number of sulfone groups is 1. The Morgan fingerprint density at radius 3 is 2.47 bits per heavy atom. The quantitative estimate of drug-likeness (QED) is 0.586. The van der Waals surface area contributed by atoms with Crippen LogP contribution < -0.4 is 0 Å². The molecule has 19 heavy (non-hydrogen) atoms. The number of halogens is 1. The average molecular weight is 290 g/mol. The average Bonchev–Trinajstić information content (AvgIpc) is 2.34. The van der Waals surface area contributed by atoms with Crippen molar-refractivity contribution in [3.63, 3.8) is 0 Å². The van der Waals surface area contributed by atoms with Crippen molar-refractivity contribution in [2.45, 2.75) is 24.2 Å². The highest BCUT2D eigenvalue weighted by molar-refractivity contribution is 7.91. The molecule has 0 aliphatic heterocycles. The summed E-state index contributed by atoms with van der Waals surface area (Å²) in [5, 5.41) is 17.3. The molecule has 0 atom stereocenters. The van der Waals surface area contributed by atoms with Crippen molar-refractivity contribution >= 4 is 15.8 Å². The van der Waals surface area contributed by atoms with Crippen LogP contribution in [-0.2, 0) is 9.84 Å². The Hall–Kier alpha value is -1.47. The second-order valence-electron chi connectivity index (χ2n) is 4.05. The molecular formula is C12H15FO5S. The van der Waals surface area contributed by atoms with Gasteiger partial charge in [0.05, 0.1) is 16.2 Å². The van der Waals surface area contributed by atoms with Gasteiger partial charge in [0.25, 0.3) is 0 Å². The monoisotopic (exact) mass is 290 g/mol. The van der Waals surface area contributed by atoms with Gasteiger partial charge in [-0.3, -0.25) is 0 Å². The number of hydrogen-bond acceptors (Lipinski definition) is 4. The highest BCUT2D eigenvalue weighted by Crippen LogP contribution is 2.17. The van der Waals surface area contributed by atoms with Crippen LogP contribution in [-0.4, -0.2) is 37.0 Å². The van der Waals surface area contributed by atoms with Gasteiger partial charge < -0.3 is 10.2 Å². The molecule has 1 aromatic rings. The first-order chi connectivity index (χ1) is 8.88. The number of aliphatic hydroxyl groups excluding tert-OH is 1. The van der Waals surface area contributed by atoms with Gasteiger partial charge in [-0.15, -0.1) is 0 Å². The van der Waals surface area contributed by atoms with Crippen molar-refractivity contribution in [2.24, 2.45) is 0 Å². The minimum absolute atomic E-state index is 0.000240. The molecule has 0 radical (unpaired) electrons. The largest absolute Gasteiger partial charge is 0.478 e. The van der Waals surface area contributed by atoms with E-state index in [2.05, 4.69) is 0 Å². The van der Waals surface area contributed by atoms with Gasteiger partial charge in [-0.25, -0.2) is 17.6 Å². The fourth-order valence-electron chi connectivity index (χ4n) is 1.56. The Balaban J connectivity index is 2.89. The van der Waals surface area contributed by atoms with E-state index in [1.54, 1.807) is 0 Å². The van der Waals surface area contributed by atoms with Crippen molar-refractivity contribution in [3.8, 4) is 0 Å². The van der Waals surface area contributed by atoms with Crippen LogP contribution in [0.3, 0.4) is 0 Å². The number of benzene rings is 1. The van der Waals surface area contributed by atoms with Gasteiger partial charge in [0.1, 0.15) is 5.82 Å². The molecule has 0 saturated heterocycles. The van der Waals surface area contributed by atoms with Gasteiger partial charge in [0, 0.05) is 6.61 Å². The lowest BCUT2D eigenvalue weighted by Crippen LogP contribution is -2.09. The summed E-state index contributed by atoms with van der Waals surface area (Å²) in [5.41, 5.74) is -0.656. The Morgan fingerprint density at radius 2 is 1.89 bits per heavy atom. The standard InChI is InChI=1S/C12H15FO5S/c13-11-5-4-9(8-10(11)12(15)16)19(17,18)7-3-1-2-6-14/h4-5,8,14H,1-3,6-7H2,(H,15,16). The molecule has 0 aromatic heterocycles. The summed E-state index contributed by atoms with van der Waals surface area (Å²) in [7, 11) is -3.63. The van der Waals surface area contributed by atoms with Gasteiger partial charge in [0.15, 0.2) is 9.84 Å². The summed E-state index contributed by atoms with van der Waals surface area (Å²) in [4.78, 5) is 10.5. The lowest BCUT2D eigenvalue weighted by atomic mass is 10.2. The van der Waals surface area contributed by atoms with Crippen LogP contribution in [0.25, 0.3) is 0 Å². The summed E-state index contributed by atoms with van der Waals surface area (Å²) >= 11 is 0. The number of unbranched alkanes of at least 4 members (excludes halogenated alkanes) is 2. The van der Waals surface area contributed by atoms with Crippen molar-refractivity contribution in [3.05, 3.63) is 29.6 Å². The summed E-state index contributed by atoms with van der Waals surface area (Å²) in [6.45, 7) is -0.000240. The number of carboxylic acid groups (broad SMARTS) is 1. The SMILES string of the molecule is O=C(O)c1cc(S(=O)(=O)CCCCCO)ccc1F. The molecule has 1 aromatic carbocycles. The third kappa shape index (κ3) is 4.29. The number of rotatable bonds is 7. The summed E-state index contributed by atoms with van der Waals surface area (Å²) < 4.78 is 37.0. The van der Waals surface area contributed by atoms with E-state index in [1.165, 1.54) is 0 Å². The van der Waals surface area contributed by atoms with Crippen LogP contribution in [0, 0.1) is 5.82 Å². The highest BCUT2D eigenvalue weighted by atomic mass is 32.2. The fraction of sp³-hybridized carbons (Fsp3) is 0.417. The number of hydrogen-bond donors (Lipinski definition) is 2. The molecule has 106 valence electrons. The zero-order chi connectivity index (χ0) is 14.5. The molecule has 0 unspecified atom stereocenters. The Kier molecular flexibility index (Phi) is 5.44. The first-order valence-corrected chi connectivity index (χ1v) is 7.40. The molecule has 0 amide bonds. The van der Waals surface area contributed by atoms with Crippen LogP contribution in [0.4, 0.5) is 4.39 Å². The maximum atomic E-state index is 13.2. The van der Waals surface area contributed by atoms with E-state index in [9.17, 15) is 17.6 Å². The van der Waals surface area contributed by atoms with Crippen molar-refractivity contribution in [2.75, 3.05) is 12.4 Å². The smallest absolute Gasteiger partial charge is 0.338 e. The molecular weight excluding hydrogens is 275 g/mol. The third-order valence-corrected chi connectivity index (χ3v) is 4.40. The van der Waals surface area contributed by atoms with Crippen molar-refractivity contribution in [1.29, 1.82) is 0 Å². The molecule has 0 aliphatic carbocycles. The van der Waals surface area contributed by atoms with Crippen LogP contribution in [0.1, 0.15) is 29.6 Å². The predicted octanol–water partition coefficient (Wildman–Crippen LogP) is 1.46. The van der Waals surface area contributed by atoms with Gasteiger partial charge in [-0.2, -0.15) is 0 Å². The summed E-state index contributed by atoms with van der Waals surface area (Å²) in [6.07, 6.45) is 1.44. The molecule has 0 aliphatic rings. The highest BCUT2D eigenvalue weighted by Gasteiger charge is 2.18. The molecule has 0 fully saturated rings. The molecule has 0 heterocycles. The van der Waals surface area contributed by atoms with Gasteiger partial charge in [-0.05, 0) is 31.0 Å². The lowest BCUT2D eigenvalue weighted by Gasteiger charge is -2.06. The van der Waals surface area contributed by atoms with Crippen molar-refractivity contribution in [1.82, 2.24) is 0 Å². The van der Waals surface area contributed by atoms with Crippen molar-refractivity contribution < 1.29 is 27.8 Å². The van der Waals surface area contributed by atoms with Crippen LogP contribution >= 0.6 is 0 Å². The number of aromatic carboxylic acids is 1. The van der Waals surface area contributed by atoms with Gasteiger partial charge in [-0.1, -0.05) is 6.42 Å². The minimum atomic E-state index is -3.63. The van der Waals surface area contributed by atoms with E-state index in [0.717, 1.165) is 18.2 Å². The van der Waals surface area contributed by atoms with E-state index in [-0.39, 0.29) is 17.3 Å². The van der Waals surface area contributed by atoms with Gasteiger partial charge in [0.2, 0.25) is 0 Å². The molecule has 0 spiro atoms. The molecule has 2 N–H and O–H groups in total. The second kappa shape index (κ2) is 6.63. The second-order valence-corrected chi connectivity index (χ2v) is 6.16. The van der Waals surface area contributed by atoms with E-state index >= 15 is 0 Å². The molecule has 0 saturated carbocycles. The van der Waals surface area contributed by atoms with Crippen LogP contribution in [0.15, 0.2) is 23.1 Å². The minimum Gasteiger partial charge on any atom is -0.478 e. The zero-order valence-corrected chi connectivity index (χ0v) is 11.0. The predicted molar refractivity (Wildman–Crippen MR) is 66.3 cm³/mol. The fourth-order valence-corrected chi connectivity index (χ4v) is 2.95. The topological polar surface area (TPSA) is 91.7 Å². The van der Waals surface area contributed by atoms with Crippen LogP contribution in [0.2, 0.25) is 0 Å². The van der Waals surface area contributed by atoms with Gasteiger partial charge >= 0.3 is 5.97 Å². The maximum absolute atomic E-state index is 13.2. The maximum Gasteiger partial charge on any atom is 0.338 e. The Morgan fingerprint density at radius 1 is 1.21 bits per heavy atom. The third-order valence-electron chi connectivity index (χ3n) is 2.60. The normalized spacial score (nSPS) is 11.5. The number of aliphatic hydroxyl groups is 1. The first-order valence-electron chi connectivity index (χ1n) is 5.75.